The molecule has 0 atom stereocenters. The van der Waals surface area contributed by atoms with Crippen molar-refractivity contribution >= 4 is 11.8 Å². The highest BCUT2D eigenvalue weighted by Gasteiger charge is 2.37. The van der Waals surface area contributed by atoms with Gasteiger partial charge in [0.2, 0.25) is 5.91 Å². The largest absolute Gasteiger partial charge is 0.416 e. The van der Waals surface area contributed by atoms with Crippen LogP contribution in [0.5, 0.6) is 0 Å². The third-order valence-corrected chi connectivity index (χ3v) is 6.61. The maximum atomic E-state index is 13.0. The summed E-state index contributed by atoms with van der Waals surface area (Å²) >= 11 is 0. The normalized spacial score (nSPS) is 18.9. The minimum Gasteiger partial charge on any atom is -0.349 e. The summed E-state index contributed by atoms with van der Waals surface area (Å²) in [7, 11) is 0. The maximum Gasteiger partial charge on any atom is 0.416 e. The molecule has 1 saturated carbocycles. The highest BCUT2D eigenvalue weighted by atomic mass is 19.4. The molecule has 36 heavy (non-hydrogen) atoms. The number of alkyl halides is 6. The van der Waals surface area contributed by atoms with Crippen molar-refractivity contribution in [3.63, 3.8) is 0 Å². The summed E-state index contributed by atoms with van der Waals surface area (Å²) in [4.78, 5) is 24.7. The van der Waals surface area contributed by atoms with Gasteiger partial charge < -0.3 is 16.0 Å². The fourth-order valence-electron chi connectivity index (χ4n) is 4.23. The Balaban J connectivity index is 1.87. The van der Waals surface area contributed by atoms with E-state index >= 15 is 0 Å². The van der Waals surface area contributed by atoms with Crippen LogP contribution in [-0.2, 0) is 17.1 Å². The van der Waals surface area contributed by atoms with Crippen LogP contribution in [0.3, 0.4) is 0 Å². The highest BCUT2D eigenvalue weighted by molar-refractivity contribution is 5.94. The van der Waals surface area contributed by atoms with Crippen molar-refractivity contribution in [3.8, 4) is 12.3 Å². The molecule has 3 N–H and O–H groups in total. The first kappa shape index (κ1) is 29.5. The maximum absolute atomic E-state index is 13.0. The molecule has 11 heteroatoms. The summed E-state index contributed by atoms with van der Waals surface area (Å²) in [5, 5.41) is 8.51. The van der Waals surface area contributed by atoms with Gasteiger partial charge >= 0.3 is 12.4 Å². The molecular formula is C25H31F6N3O2. The molecule has 1 aliphatic carbocycles. The van der Waals surface area contributed by atoms with E-state index in [0.29, 0.717) is 57.2 Å². The Bertz CT molecular complexity index is 924. The molecule has 5 nitrogen and oxygen atoms in total. The van der Waals surface area contributed by atoms with E-state index < -0.39 is 40.5 Å². The molecule has 2 amide bonds. The van der Waals surface area contributed by atoms with Gasteiger partial charge in [-0.05, 0) is 69.2 Å². The average Bonchev–Trinajstić information content (AvgIpc) is 2.82. The lowest BCUT2D eigenvalue weighted by Gasteiger charge is -2.30. The van der Waals surface area contributed by atoms with Crippen LogP contribution >= 0.6 is 0 Å². The lowest BCUT2D eigenvalue weighted by atomic mass is 9.86. The number of hydrogen-bond acceptors (Lipinski definition) is 3. The van der Waals surface area contributed by atoms with Gasteiger partial charge in [0.15, 0.2) is 0 Å². The minimum absolute atomic E-state index is 0.00767. The molecule has 1 aromatic carbocycles. The van der Waals surface area contributed by atoms with E-state index in [0.717, 1.165) is 0 Å². The summed E-state index contributed by atoms with van der Waals surface area (Å²) in [6.07, 6.45) is -0.894. The van der Waals surface area contributed by atoms with Crippen molar-refractivity contribution in [3.05, 3.63) is 34.9 Å². The first-order valence-electron chi connectivity index (χ1n) is 11.8. The predicted molar refractivity (Wildman–Crippen MR) is 123 cm³/mol. The van der Waals surface area contributed by atoms with Gasteiger partial charge in [-0.3, -0.25) is 9.59 Å². The van der Waals surface area contributed by atoms with Crippen molar-refractivity contribution in [2.75, 3.05) is 13.1 Å². The van der Waals surface area contributed by atoms with E-state index in [1.54, 1.807) is 0 Å². The van der Waals surface area contributed by atoms with Crippen molar-refractivity contribution < 1.29 is 35.9 Å². The topological polar surface area (TPSA) is 70.2 Å². The summed E-state index contributed by atoms with van der Waals surface area (Å²) in [6, 6.07) is 0.479. The molecule has 2 rings (SSSR count). The van der Waals surface area contributed by atoms with Crippen molar-refractivity contribution in [1.82, 2.24) is 16.0 Å². The summed E-state index contributed by atoms with van der Waals surface area (Å²) in [5.74, 6) is 1.66. The Morgan fingerprint density at radius 2 is 1.47 bits per heavy atom. The Kier molecular flexibility index (Phi) is 9.83. The van der Waals surface area contributed by atoms with E-state index in [2.05, 4.69) is 21.9 Å². The second kappa shape index (κ2) is 12.0. The zero-order valence-electron chi connectivity index (χ0n) is 20.2. The summed E-state index contributed by atoms with van der Waals surface area (Å²) in [5.41, 5.74) is -4.42. The zero-order chi connectivity index (χ0) is 27.1. The first-order chi connectivity index (χ1) is 16.7. The monoisotopic (exact) mass is 519 g/mol. The molecule has 1 fully saturated rings. The van der Waals surface area contributed by atoms with Crippen LogP contribution in [0.2, 0.25) is 0 Å². The molecule has 1 aromatic rings. The van der Waals surface area contributed by atoms with Crippen molar-refractivity contribution in [1.29, 1.82) is 0 Å². The number of carbonyl (C=O) groups is 2. The van der Waals surface area contributed by atoms with E-state index in [9.17, 15) is 35.9 Å². The van der Waals surface area contributed by atoms with Crippen LogP contribution in [0.4, 0.5) is 26.3 Å². The van der Waals surface area contributed by atoms with Crippen LogP contribution in [-0.4, -0.2) is 36.5 Å². The smallest absolute Gasteiger partial charge is 0.349 e. The van der Waals surface area contributed by atoms with Crippen LogP contribution < -0.4 is 16.0 Å². The van der Waals surface area contributed by atoms with Crippen LogP contribution in [0, 0.1) is 18.3 Å². The molecule has 1 aliphatic rings. The third kappa shape index (κ3) is 8.15. The number of carbonyl (C=O) groups excluding carboxylic acids is 2. The molecule has 0 bridgehead atoms. The van der Waals surface area contributed by atoms with Gasteiger partial charge in [-0.2, -0.15) is 26.3 Å². The summed E-state index contributed by atoms with van der Waals surface area (Å²) < 4.78 is 78.3. The first-order valence-corrected chi connectivity index (χ1v) is 11.8. The lowest BCUT2D eigenvalue weighted by Crippen LogP contribution is -2.49. The number of terminal acetylenes is 1. The van der Waals surface area contributed by atoms with E-state index in [1.807, 2.05) is 13.8 Å². The molecular weight excluding hydrogens is 488 g/mol. The molecule has 0 aromatic heterocycles. The average molecular weight is 520 g/mol. The van der Waals surface area contributed by atoms with E-state index in [4.69, 9.17) is 6.42 Å². The number of amides is 2. The second-order valence-electron chi connectivity index (χ2n) is 9.10. The standard InChI is InChI=1S/C25H31F6N3O2/c1-4-23(5-2,6-3)34-21(35)15-32-14-16-7-9-20(10-8-16)33-22(36)17-11-18(24(26,27)28)13-19(12-17)25(29,30)31/h1,11-13,16,20,32H,5-10,14-15H2,2-3H3,(H,33,36)(H,34,35)/t16-,20-. The Hall–Kier alpha value is -2.74. The van der Waals surface area contributed by atoms with Crippen LogP contribution in [0.15, 0.2) is 18.2 Å². The van der Waals surface area contributed by atoms with Gasteiger partial charge in [-0.1, -0.05) is 19.8 Å². The number of nitrogens with one attached hydrogen (secondary N) is 3. The fourth-order valence-corrected chi connectivity index (χ4v) is 4.23. The highest BCUT2D eigenvalue weighted by Crippen LogP contribution is 2.36. The van der Waals surface area contributed by atoms with Gasteiger partial charge in [-0.25, -0.2) is 0 Å². The molecule has 0 unspecified atom stereocenters. The lowest BCUT2D eigenvalue weighted by molar-refractivity contribution is -0.143. The molecule has 0 saturated heterocycles. The molecule has 0 aliphatic heterocycles. The number of halogens is 6. The predicted octanol–water partition coefficient (Wildman–Crippen LogP) is 4.91. The van der Waals surface area contributed by atoms with Crippen LogP contribution in [0.25, 0.3) is 0 Å². The van der Waals surface area contributed by atoms with Gasteiger partial charge in [0.05, 0.1) is 17.7 Å². The van der Waals surface area contributed by atoms with Crippen molar-refractivity contribution in [2.45, 2.75) is 76.3 Å². The minimum atomic E-state index is -5.02. The van der Waals surface area contributed by atoms with E-state index in [1.165, 1.54) is 0 Å². The quantitative estimate of drug-likeness (QED) is 0.321. The third-order valence-electron chi connectivity index (χ3n) is 6.61. The van der Waals surface area contributed by atoms with Crippen LogP contribution in [0.1, 0.15) is 73.9 Å². The Morgan fingerprint density at radius 3 is 1.92 bits per heavy atom. The van der Waals surface area contributed by atoms with Gasteiger partial charge in [0, 0.05) is 11.6 Å². The number of rotatable bonds is 9. The SMILES string of the molecule is C#CC(CC)(CC)NC(=O)CNC[C@H]1CC[C@H](NC(=O)c2cc(C(F)(F)F)cc(C(F)(F)F)c2)CC1. The summed E-state index contributed by atoms with van der Waals surface area (Å²) in [6.45, 7) is 4.45. The van der Waals surface area contributed by atoms with E-state index in [-0.39, 0.29) is 30.5 Å². The second-order valence-corrected chi connectivity index (χ2v) is 9.10. The van der Waals surface area contributed by atoms with Crippen molar-refractivity contribution in [2.24, 2.45) is 5.92 Å². The number of benzene rings is 1. The fraction of sp³-hybridized carbons (Fsp3) is 0.600. The Labute approximate surface area is 206 Å². The zero-order valence-corrected chi connectivity index (χ0v) is 20.2. The van der Waals surface area contributed by atoms with Gasteiger partial charge in [-0.15, -0.1) is 6.42 Å². The molecule has 200 valence electrons. The Morgan fingerprint density at radius 1 is 0.944 bits per heavy atom. The van der Waals surface area contributed by atoms with Gasteiger partial charge in [0.1, 0.15) is 5.54 Å². The number of hydrogen-bond donors (Lipinski definition) is 3. The molecule has 0 spiro atoms. The molecule has 0 radical (unpaired) electrons. The molecule has 0 heterocycles. The van der Waals surface area contributed by atoms with Gasteiger partial charge in [0.25, 0.3) is 5.91 Å².